The van der Waals surface area contributed by atoms with Crippen LogP contribution in [0.4, 0.5) is 0 Å². The zero-order valence-corrected chi connectivity index (χ0v) is 16.0. The lowest BCUT2D eigenvalue weighted by atomic mass is 9.98. The fraction of sp³-hybridized carbons (Fsp3) is 0.312. The van der Waals surface area contributed by atoms with Crippen LogP contribution in [-0.4, -0.2) is 31.0 Å². The first-order valence-electron chi connectivity index (χ1n) is 6.96. The third kappa shape index (κ3) is 3.24. The normalized spacial score (nSPS) is 17.8. The summed E-state index contributed by atoms with van der Waals surface area (Å²) in [6.45, 7) is 1.58. The molecule has 1 atom stereocenters. The fourth-order valence-corrected chi connectivity index (χ4v) is 4.70. The Balaban J connectivity index is 1.69. The van der Waals surface area contributed by atoms with E-state index in [-0.39, 0.29) is 5.91 Å². The molecule has 1 aliphatic heterocycles. The third-order valence-corrected chi connectivity index (χ3v) is 7.16. The van der Waals surface area contributed by atoms with Crippen molar-refractivity contribution in [3.8, 4) is 5.75 Å². The fourth-order valence-electron chi connectivity index (χ4n) is 2.70. The molecular weight excluding hydrogens is 430 g/mol. The summed E-state index contributed by atoms with van der Waals surface area (Å²) in [6.07, 6.45) is 1.01. The van der Waals surface area contributed by atoms with Gasteiger partial charge in [0.2, 0.25) is 0 Å². The van der Waals surface area contributed by atoms with Gasteiger partial charge in [-0.05, 0) is 62.0 Å². The molecule has 1 unspecified atom stereocenters. The molecule has 0 saturated carbocycles. The van der Waals surface area contributed by atoms with Gasteiger partial charge >= 0.3 is 0 Å². The number of halogens is 2. The van der Waals surface area contributed by atoms with E-state index in [9.17, 15) is 4.79 Å². The maximum atomic E-state index is 12.6. The Kier molecular flexibility index (Phi) is 4.90. The van der Waals surface area contributed by atoms with E-state index >= 15 is 0 Å². The number of methoxy groups -OCH3 is 1. The van der Waals surface area contributed by atoms with Gasteiger partial charge in [-0.25, -0.2) is 0 Å². The first-order valence-corrected chi connectivity index (χ1v) is 9.37. The number of rotatable bonds is 3. The van der Waals surface area contributed by atoms with Gasteiger partial charge in [-0.2, -0.15) is 0 Å². The topological polar surface area (TPSA) is 29.5 Å². The van der Waals surface area contributed by atoms with Crippen molar-refractivity contribution in [3.63, 3.8) is 0 Å². The quantitative estimate of drug-likeness (QED) is 0.672. The predicted octanol–water partition coefficient (Wildman–Crippen LogP) is 4.91. The zero-order valence-electron chi connectivity index (χ0n) is 12.0. The van der Waals surface area contributed by atoms with Gasteiger partial charge in [-0.1, -0.05) is 12.1 Å². The number of nitrogens with zero attached hydrogens (tertiary/aromatic N) is 1. The predicted molar refractivity (Wildman–Crippen MR) is 96.0 cm³/mol. The molecule has 1 aromatic heterocycles. The molecule has 2 aromatic rings. The second-order valence-corrected chi connectivity index (χ2v) is 8.47. The molecule has 0 N–H and O–H groups in total. The van der Waals surface area contributed by atoms with Crippen LogP contribution in [0.5, 0.6) is 5.75 Å². The van der Waals surface area contributed by atoms with Crippen molar-refractivity contribution >= 4 is 49.1 Å². The molecule has 0 aliphatic carbocycles. The molecule has 116 valence electrons. The monoisotopic (exact) mass is 443 g/mol. The summed E-state index contributed by atoms with van der Waals surface area (Å²) in [6, 6.07) is 10.0. The molecule has 22 heavy (non-hydrogen) atoms. The van der Waals surface area contributed by atoms with Crippen LogP contribution < -0.4 is 4.74 Å². The smallest absolute Gasteiger partial charge is 0.264 e. The lowest BCUT2D eigenvalue weighted by Crippen LogP contribution is -2.27. The van der Waals surface area contributed by atoms with Gasteiger partial charge in [0.25, 0.3) is 5.91 Å². The minimum Gasteiger partial charge on any atom is -0.497 e. The molecule has 1 aliphatic rings. The second kappa shape index (κ2) is 6.72. The Labute approximate surface area is 150 Å². The van der Waals surface area contributed by atoms with Crippen molar-refractivity contribution in [3.05, 3.63) is 49.0 Å². The zero-order chi connectivity index (χ0) is 15.7. The number of benzene rings is 1. The van der Waals surface area contributed by atoms with Crippen molar-refractivity contribution in [2.75, 3.05) is 20.2 Å². The SMILES string of the molecule is COc1ccc(C2CCN(C(=O)c3cc(Br)c(Br)s3)C2)cc1. The molecule has 1 fully saturated rings. The minimum atomic E-state index is 0.118. The van der Waals surface area contributed by atoms with E-state index in [0.717, 1.165) is 38.4 Å². The third-order valence-electron chi connectivity index (χ3n) is 3.92. The Morgan fingerprint density at radius 3 is 2.64 bits per heavy atom. The number of hydrogen-bond donors (Lipinski definition) is 0. The van der Waals surface area contributed by atoms with Crippen LogP contribution in [0.1, 0.15) is 27.6 Å². The maximum absolute atomic E-state index is 12.6. The summed E-state index contributed by atoms with van der Waals surface area (Å²) in [5, 5.41) is 0. The largest absolute Gasteiger partial charge is 0.497 e. The standard InChI is InChI=1S/C16H15Br2NO2S/c1-21-12-4-2-10(3-5-12)11-6-7-19(9-11)16(20)14-8-13(17)15(18)22-14/h2-5,8,11H,6-7,9H2,1H3. The molecule has 1 saturated heterocycles. The van der Waals surface area contributed by atoms with E-state index in [1.54, 1.807) is 7.11 Å². The minimum absolute atomic E-state index is 0.118. The van der Waals surface area contributed by atoms with Gasteiger partial charge in [-0.15, -0.1) is 11.3 Å². The summed E-state index contributed by atoms with van der Waals surface area (Å²) in [4.78, 5) is 15.3. The van der Waals surface area contributed by atoms with Crippen LogP contribution in [0.25, 0.3) is 0 Å². The van der Waals surface area contributed by atoms with Gasteiger partial charge in [0.1, 0.15) is 5.75 Å². The molecule has 0 bridgehead atoms. The second-order valence-electron chi connectivity index (χ2n) is 5.24. The summed E-state index contributed by atoms with van der Waals surface area (Å²) >= 11 is 8.35. The van der Waals surface area contributed by atoms with E-state index in [0.29, 0.717) is 5.92 Å². The van der Waals surface area contributed by atoms with Crippen molar-refractivity contribution in [1.82, 2.24) is 4.90 Å². The average Bonchev–Trinajstić information content (AvgIpc) is 3.15. The molecule has 0 radical (unpaired) electrons. The molecule has 3 nitrogen and oxygen atoms in total. The molecule has 1 aromatic carbocycles. The average molecular weight is 445 g/mol. The van der Waals surface area contributed by atoms with Crippen LogP contribution in [0.2, 0.25) is 0 Å². The molecule has 3 rings (SSSR count). The number of likely N-dealkylation sites (tertiary alicyclic amines) is 1. The lowest BCUT2D eigenvalue weighted by Gasteiger charge is -2.16. The van der Waals surface area contributed by atoms with Gasteiger partial charge < -0.3 is 9.64 Å². The van der Waals surface area contributed by atoms with Crippen LogP contribution >= 0.6 is 43.2 Å². The molecular formula is C16H15Br2NO2S. The van der Waals surface area contributed by atoms with Crippen molar-refractivity contribution < 1.29 is 9.53 Å². The van der Waals surface area contributed by atoms with Gasteiger partial charge in [-0.3, -0.25) is 4.79 Å². The summed E-state index contributed by atoms with van der Waals surface area (Å²) < 4.78 is 7.09. The number of carbonyl (C=O) groups excluding carboxylic acids is 1. The van der Waals surface area contributed by atoms with E-state index < -0.39 is 0 Å². The van der Waals surface area contributed by atoms with Crippen molar-refractivity contribution in [2.24, 2.45) is 0 Å². The highest BCUT2D eigenvalue weighted by Crippen LogP contribution is 2.35. The van der Waals surface area contributed by atoms with E-state index in [4.69, 9.17) is 4.74 Å². The highest BCUT2D eigenvalue weighted by Gasteiger charge is 2.29. The van der Waals surface area contributed by atoms with E-state index in [2.05, 4.69) is 44.0 Å². The molecule has 0 spiro atoms. The highest BCUT2D eigenvalue weighted by atomic mass is 79.9. The number of carbonyl (C=O) groups is 1. The van der Waals surface area contributed by atoms with Crippen LogP contribution in [0.15, 0.2) is 38.6 Å². The Morgan fingerprint density at radius 1 is 1.32 bits per heavy atom. The first kappa shape index (κ1) is 16.0. The molecule has 6 heteroatoms. The lowest BCUT2D eigenvalue weighted by molar-refractivity contribution is 0.0795. The summed E-state index contributed by atoms with van der Waals surface area (Å²) in [5.74, 6) is 1.39. The molecule has 2 heterocycles. The van der Waals surface area contributed by atoms with E-state index in [1.165, 1.54) is 16.9 Å². The number of amides is 1. The number of ether oxygens (including phenoxy) is 1. The van der Waals surface area contributed by atoms with Gasteiger partial charge in [0, 0.05) is 23.5 Å². The highest BCUT2D eigenvalue weighted by molar-refractivity contribution is 9.13. The van der Waals surface area contributed by atoms with Crippen LogP contribution in [-0.2, 0) is 0 Å². The van der Waals surface area contributed by atoms with E-state index in [1.807, 2.05) is 23.1 Å². The van der Waals surface area contributed by atoms with Gasteiger partial charge in [0.15, 0.2) is 0 Å². The Bertz CT molecular complexity index is 664. The first-order chi connectivity index (χ1) is 10.6. The Hall–Kier alpha value is -0.850. The van der Waals surface area contributed by atoms with Gasteiger partial charge in [0.05, 0.1) is 15.8 Å². The summed E-state index contributed by atoms with van der Waals surface area (Å²) in [5.41, 5.74) is 1.27. The summed E-state index contributed by atoms with van der Waals surface area (Å²) in [7, 11) is 1.67. The maximum Gasteiger partial charge on any atom is 0.264 e. The van der Waals surface area contributed by atoms with Crippen LogP contribution in [0, 0.1) is 0 Å². The van der Waals surface area contributed by atoms with Crippen LogP contribution in [0.3, 0.4) is 0 Å². The van der Waals surface area contributed by atoms with Crippen molar-refractivity contribution in [1.29, 1.82) is 0 Å². The number of thiophene rings is 1. The molecule has 1 amide bonds. The van der Waals surface area contributed by atoms with Crippen molar-refractivity contribution in [2.45, 2.75) is 12.3 Å². The Morgan fingerprint density at radius 2 is 2.05 bits per heavy atom. The number of hydrogen-bond acceptors (Lipinski definition) is 3.